The Kier molecular flexibility index (Phi) is 4.45. The first-order chi connectivity index (χ1) is 10.9. The summed E-state index contributed by atoms with van der Waals surface area (Å²) in [6.45, 7) is 5.89. The molecule has 1 saturated heterocycles. The fraction of sp³-hybridized carbons (Fsp3) is 0.632. The topological polar surface area (TPSA) is 38.3 Å². The van der Waals surface area contributed by atoms with Gasteiger partial charge >= 0.3 is 0 Å². The van der Waals surface area contributed by atoms with E-state index >= 15 is 0 Å². The summed E-state index contributed by atoms with van der Waals surface area (Å²) in [6, 6.07) is 6.80. The van der Waals surface area contributed by atoms with Gasteiger partial charge < -0.3 is 10.1 Å². The third kappa shape index (κ3) is 3.27. The van der Waals surface area contributed by atoms with Gasteiger partial charge in [0, 0.05) is 30.4 Å². The molecule has 1 aliphatic carbocycles. The Labute approximate surface area is 137 Å². The SMILES string of the molecule is CC(=O)N[C@]1(C)C[C@H](c2ccccc2F)O[C@@H]2C[C@H](C)CC[C@H]21. The molecule has 1 heterocycles. The number of nitrogens with one attached hydrogen (secondary N) is 1. The van der Waals surface area contributed by atoms with Crippen molar-refractivity contribution < 1.29 is 13.9 Å². The van der Waals surface area contributed by atoms with Crippen LogP contribution in [0.2, 0.25) is 0 Å². The number of amides is 1. The molecule has 1 aromatic rings. The molecule has 126 valence electrons. The van der Waals surface area contributed by atoms with Crippen LogP contribution >= 0.6 is 0 Å². The Morgan fingerprint density at radius 3 is 2.78 bits per heavy atom. The first kappa shape index (κ1) is 16.4. The summed E-state index contributed by atoms with van der Waals surface area (Å²) in [7, 11) is 0. The standard InChI is InChI=1S/C19H26FNO2/c1-12-8-9-15-17(10-12)23-18(11-19(15,3)21-13(2)22)14-6-4-5-7-16(14)20/h4-7,12,15,17-18H,8-11H2,1-3H3,(H,21,22)/t12-,15-,17-,18-,19-/m1/s1. The van der Waals surface area contributed by atoms with Crippen molar-refractivity contribution in [2.75, 3.05) is 0 Å². The molecule has 3 rings (SSSR count). The molecule has 23 heavy (non-hydrogen) atoms. The maximum absolute atomic E-state index is 14.2. The number of fused-ring (bicyclic) bond motifs is 1. The third-order valence-corrected chi connectivity index (χ3v) is 5.53. The Morgan fingerprint density at radius 1 is 1.35 bits per heavy atom. The van der Waals surface area contributed by atoms with E-state index in [1.807, 2.05) is 6.07 Å². The van der Waals surface area contributed by atoms with Crippen LogP contribution in [0.4, 0.5) is 4.39 Å². The summed E-state index contributed by atoms with van der Waals surface area (Å²) in [5, 5.41) is 3.15. The van der Waals surface area contributed by atoms with Gasteiger partial charge in [0.1, 0.15) is 5.82 Å². The first-order valence-electron chi connectivity index (χ1n) is 8.57. The minimum Gasteiger partial charge on any atom is -0.370 e. The molecule has 1 amide bonds. The van der Waals surface area contributed by atoms with E-state index in [1.165, 1.54) is 6.07 Å². The molecule has 0 spiro atoms. The van der Waals surface area contributed by atoms with Crippen molar-refractivity contribution in [3.63, 3.8) is 0 Å². The Bertz CT molecular complexity index is 590. The average molecular weight is 319 g/mol. The van der Waals surface area contributed by atoms with Gasteiger partial charge in [0.2, 0.25) is 5.91 Å². The molecular formula is C19H26FNO2. The lowest BCUT2D eigenvalue weighted by atomic mass is 9.66. The molecule has 0 bridgehead atoms. The van der Waals surface area contributed by atoms with Gasteiger partial charge in [-0.25, -0.2) is 4.39 Å². The van der Waals surface area contributed by atoms with Crippen molar-refractivity contribution in [3.8, 4) is 0 Å². The van der Waals surface area contributed by atoms with Crippen molar-refractivity contribution in [2.24, 2.45) is 11.8 Å². The number of hydrogen-bond acceptors (Lipinski definition) is 2. The van der Waals surface area contributed by atoms with Crippen LogP contribution in [0.3, 0.4) is 0 Å². The van der Waals surface area contributed by atoms with E-state index in [9.17, 15) is 9.18 Å². The van der Waals surface area contributed by atoms with Crippen molar-refractivity contribution in [2.45, 2.75) is 64.2 Å². The van der Waals surface area contributed by atoms with E-state index in [4.69, 9.17) is 4.74 Å². The largest absolute Gasteiger partial charge is 0.370 e. The second-order valence-electron chi connectivity index (χ2n) is 7.51. The van der Waals surface area contributed by atoms with E-state index in [1.54, 1.807) is 19.1 Å². The van der Waals surface area contributed by atoms with Crippen molar-refractivity contribution >= 4 is 5.91 Å². The van der Waals surface area contributed by atoms with Crippen LogP contribution in [-0.2, 0) is 9.53 Å². The van der Waals surface area contributed by atoms with Crippen LogP contribution in [0.1, 0.15) is 58.1 Å². The summed E-state index contributed by atoms with van der Waals surface area (Å²) in [5.41, 5.74) is 0.253. The van der Waals surface area contributed by atoms with Gasteiger partial charge in [0.05, 0.1) is 12.2 Å². The second-order valence-corrected chi connectivity index (χ2v) is 7.51. The molecule has 0 radical (unpaired) electrons. The van der Waals surface area contributed by atoms with E-state index in [2.05, 4.69) is 19.2 Å². The number of carbonyl (C=O) groups is 1. The smallest absolute Gasteiger partial charge is 0.217 e. The zero-order valence-corrected chi connectivity index (χ0v) is 14.1. The number of hydrogen-bond donors (Lipinski definition) is 1. The first-order valence-corrected chi connectivity index (χ1v) is 8.57. The molecule has 0 aromatic heterocycles. The number of halogens is 1. The number of carbonyl (C=O) groups excluding carboxylic acids is 1. The Morgan fingerprint density at radius 2 is 2.09 bits per heavy atom. The highest BCUT2D eigenvalue weighted by Crippen LogP contribution is 2.48. The number of rotatable bonds is 2. The van der Waals surface area contributed by atoms with Crippen LogP contribution in [0.25, 0.3) is 0 Å². The molecule has 2 fully saturated rings. The maximum Gasteiger partial charge on any atom is 0.217 e. The summed E-state index contributed by atoms with van der Waals surface area (Å²) in [4.78, 5) is 11.7. The van der Waals surface area contributed by atoms with Crippen molar-refractivity contribution in [1.82, 2.24) is 5.32 Å². The van der Waals surface area contributed by atoms with E-state index < -0.39 is 0 Å². The van der Waals surface area contributed by atoms with Gasteiger partial charge in [-0.2, -0.15) is 0 Å². The number of benzene rings is 1. The molecule has 1 aliphatic heterocycles. The predicted octanol–water partition coefficient (Wildman–Crippen LogP) is 3.99. The molecule has 1 N–H and O–H groups in total. The molecule has 4 heteroatoms. The summed E-state index contributed by atoms with van der Waals surface area (Å²) < 4.78 is 20.5. The highest BCUT2D eigenvalue weighted by atomic mass is 19.1. The van der Waals surface area contributed by atoms with Crippen molar-refractivity contribution in [1.29, 1.82) is 0 Å². The highest BCUT2D eigenvalue weighted by molar-refractivity contribution is 5.73. The van der Waals surface area contributed by atoms with Crippen LogP contribution in [0.15, 0.2) is 24.3 Å². The summed E-state index contributed by atoms with van der Waals surface area (Å²) in [5.74, 6) is 0.645. The predicted molar refractivity (Wildman–Crippen MR) is 87.4 cm³/mol. The van der Waals surface area contributed by atoms with Crippen LogP contribution in [-0.4, -0.2) is 17.6 Å². The highest BCUT2D eigenvalue weighted by Gasteiger charge is 2.49. The zero-order chi connectivity index (χ0) is 16.6. The lowest BCUT2D eigenvalue weighted by Crippen LogP contribution is -2.60. The van der Waals surface area contributed by atoms with E-state index in [-0.39, 0.29) is 29.5 Å². The molecule has 1 aromatic carbocycles. The summed E-state index contributed by atoms with van der Waals surface area (Å²) in [6.07, 6.45) is 3.57. The zero-order valence-electron chi connectivity index (χ0n) is 14.1. The quantitative estimate of drug-likeness (QED) is 0.895. The molecule has 3 nitrogen and oxygen atoms in total. The average Bonchev–Trinajstić information content (AvgIpc) is 2.45. The van der Waals surface area contributed by atoms with E-state index in [0.717, 1.165) is 19.3 Å². The normalized spacial score (nSPS) is 37.0. The second kappa shape index (κ2) is 6.23. The number of ether oxygens (including phenoxy) is 1. The lowest BCUT2D eigenvalue weighted by molar-refractivity contribution is -0.153. The minimum atomic E-state index is -0.345. The monoisotopic (exact) mass is 319 g/mol. The van der Waals surface area contributed by atoms with Crippen LogP contribution < -0.4 is 5.32 Å². The van der Waals surface area contributed by atoms with Crippen LogP contribution in [0, 0.1) is 17.7 Å². The van der Waals surface area contributed by atoms with Gasteiger partial charge in [-0.1, -0.05) is 31.5 Å². The van der Waals surface area contributed by atoms with Gasteiger partial charge in [0.25, 0.3) is 0 Å². The summed E-state index contributed by atoms with van der Waals surface area (Å²) >= 11 is 0. The Balaban J connectivity index is 1.92. The van der Waals surface area contributed by atoms with Gasteiger partial charge in [0.15, 0.2) is 0 Å². The minimum absolute atomic E-state index is 0.0287. The molecule has 0 unspecified atom stereocenters. The molecule has 2 aliphatic rings. The van der Waals surface area contributed by atoms with E-state index in [0.29, 0.717) is 23.8 Å². The molecule has 5 atom stereocenters. The van der Waals surface area contributed by atoms with Gasteiger partial charge in [-0.3, -0.25) is 4.79 Å². The van der Waals surface area contributed by atoms with Gasteiger partial charge in [-0.15, -0.1) is 0 Å². The molecule has 1 saturated carbocycles. The maximum atomic E-state index is 14.2. The van der Waals surface area contributed by atoms with Crippen molar-refractivity contribution in [3.05, 3.63) is 35.6 Å². The Hall–Kier alpha value is -1.42. The van der Waals surface area contributed by atoms with Gasteiger partial charge in [-0.05, 0) is 31.7 Å². The molecular weight excluding hydrogens is 293 g/mol. The lowest BCUT2D eigenvalue weighted by Gasteiger charge is -2.52. The third-order valence-electron chi connectivity index (χ3n) is 5.53. The van der Waals surface area contributed by atoms with Crippen LogP contribution in [0.5, 0.6) is 0 Å². The fourth-order valence-electron chi connectivity index (χ4n) is 4.47. The fourth-order valence-corrected chi connectivity index (χ4v) is 4.47.